The summed E-state index contributed by atoms with van der Waals surface area (Å²) >= 11 is 0. The second-order valence-corrected chi connectivity index (χ2v) is 3.37. The summed E-state index contributed by atoms with van der Waals surface area (Å²) in [7, 11) is 1.21. The third-order valence-corrected chi connectivity index (χ3v) is 2.26. The molecule has 0 N–H and O–H groups in total. The van der Waals surface area contributed by atoms with Crippen LogP contribution in [0.25, 0.3) is 0 Å². The van der Waals surface area contributed by atoms with Crippen molar-refractivity contribution in [1.82, 2.24) is 0 Å². The minimum Gasteiger partial charge on any atom is -0.469 e. The van der Waals surface area contributed by atoms with Crippen LogP contribution in [0, 0.1) is 10.1 Å². The van der Waals surface area contributed by atoms with E-state index in [1.165, 1.54) is 31.4 Å². The molecule has 0 heterocycles. The molecule has 0 saturated carbocycles. The molecule has 0 spiro atoms. The smallest absolute Gasteiger partial charge is 0.308 e. The number of esters is 1. The molecule has 0 radical (unpaired) electrons. The van der Waals surface area contributed by atoms with Crippen LogP contribution in [0.15, 0.2) is 29.3 Å². The maximum absolute atomic E-state index is 11.1. The number of nitro groups is 1. The van der Waals surface area contributed by atoms with Crippen LogP contribution in [0.2, 0.25) is 0 Å². The molecule has 0 bridgehead atoms. The van der Waals surface area contributed by atoms with Crippen molar-refractivity contribution in [1.29, 1.82) is 0 Å². The number of carbonyl (C=O) groups is 1. The topological polar surface area (TPSA) is 98.9 Å². The molecule has 1 aromatic carbocycles. The van der Waals surface area contributed by atoms with Gasteiger partial charge in [-0.3, -0.25) is 14.9 Å². The van der Waals surface area contributed by atoms with E-state index in [1.807, 2.05) is 0 Å². The van der Waals surface area contributed by atoms with E-state index in [-0.39, 0.29) is 12.1 Å². The lowest BCUT2D eigenvalue weighted by molar-refractivity contribution is -0.384. The predicted octanol–water partition coefficient (Wildman–Crippen LogP) is 1.53. The monoisotopic (exact) mass is 250 g/mol. The lowest BCUT2D eigenvalue weighted by Gasteiger charge is -2.09. The SMILES string of the molecule is COC(=O)C[C@@H](N=C=O)c1cccc([N+](=O)[O-])c1. The van der Waals surface area contributed by atoms with Crippen LogP contribution in [0.5, 0.6) is 0 Å². The van der Waals surface area contributed by atoms with Crippen LogP contribution >= 0.6 is 0 Å². The summed E-state index contributed by atoms with van der Waals surface area (Å²) in [5.41, 5.74) is 0.251. The van der Waals surface area contributed by atoms with E-state index in [1.54, 1.807) is 6.07 Å². The fourth-order valence-electron chi connectivity index (χ4n) is 1.39. The predicted molar refractivity (Wildman–Crippen MR) is 60.6 cm³/mol. The van der Waals surface area contributed by atoms with Crippen LogP contribution in [-0.2, 0) is 14.3 Å². The summed E-state index contributed by atoms with van der Waals surface area (Å²) in [6.45, 7) is 0. The number of nitrogens with zero attached hydrogens (tertiary/aromatic N) is 2. The zero-order valence-corrected chi connectivity index (χ0v) is 9.53. The van der Waals surface area contributed by atoms with Gasteiger partial charge in [-0.1, -0.05) is 12.1 Å². The van der Waals surface area contributed by atoms with Gasteiger partial charge in [-0.2, -0.15) is 4.99 Å². The Balaban J connectivity index is 3.05. The first-order valence-electron chi connectivity index (χ1n) is 4.96. The molecule has 1 rings (SSSR count). The van der Waals surface area contributed by atoms with Crippen molar-refractivity contribution in [2.45, 2.75) is 12.5 Å². The van der Waals surface area contributed by atoms with Gasteiger partial charge in [-0.15, -0.1) is 0 Å². The molecule has 7 nitrogen and oxygen atoms in total. The van der Waals surface area contributed by atoms with Crippen LogP contribution in [0.3, 0.4) is 0 Å². The molecule has 0 aliphatic rings. The van der Waals surface area contributed by atoms with Gasteiger partial charge in [0.2, 0.25) is 6.08 Å². The zero-order valence-electron chi connectivity index (χ0n) is 9.53. The molecule has 0 aliphatic carbocycles. The van der Waals surface area contributed by atoms with Crippen LogP contribution in [0.1, 0.15) is 18.0 Å². The van der Waals surface area contributed by atoms with Gasteiger partial charge < -0.3 is 4.74 Å². The van der Waals surface area contributed by atoms with Crippen molar-refractivity contribution in [3.05, 3.63) is 39.9 Å². The van der Waals surface area contributed by atoms with E-state index in [4.69, 9.17) is 0 Å². The van der Waals surface area contributed by atoms with Gasteiger partial charge in [0.1, 0.15) is 0 Å². The number of hydrogen-bond donors (Lipinski definition) is 0. The largest absolute Gasteiger partial charge is 0.469 e. The first kappa shape index (κ1) is 13.5. The summed E-state index contributed by atoms with van der Waals surface area (Å²) in [4.78, 5) is 34.9. The number of hydrogen-bond acceptors (Lipinski definition) is 6. The van der Waals surface area contributed by atoms with Gasteiger partial charge in [0, 0.05) is 12.1 Å². The molecular weight excluding hydrogens is 240 g/mol. The maximum atomic E-state index is 11.1. The van der Waals surface area contributed by atoms with Crippen molar-refractivity contribution < 1.29 is 19.2 Å². The number of nitro benzene ring substituents is 1. The Kier molecular flexibility index (Phi) is 4.71. The minimum atomic E-state index is -0.824. The first-order chi connectivity index (χ1) is 8.58. The van der Waals surface area contributed by atoms with Crippen LogP contribution < -0.4 is 0 Å². The van der Waals surface area contributed by atoms with E-state index in [9.17, 15) is 19.7 Å². The van der Waals surface area contributed by atoms with Crippen molar-refractivity contribution in [2.75, 3.05) is 7.11 Å². The maximum Gasteiger partial charge on any atom is 0.308 e. The Morgan fingerprint density at radius 2 is 2.33 bits per heavy atom. The number of benzene rings is 1. The lowest BCUT2D eigenvalue weighted by Crippen LogP contribution is -2.07. The molecular formula is C11H10N2O5. The van der Waals surface area contributed by atoms with Crippen molar-refractivity contribution in [3.8, 4) is 0 Å². The fourth-order valence-corrected chi connectivity index (χ4v) is 1.39. The highest BCUT2D eigenvalue weighted by Crippen LogP contribution is 2.24. The molecule has 0 fully saturated rings. The fraction of sp³-hybridized carbons (Fsp3) is 0.273. The summed E-state index contributed by atoms with van der Waals surface area (Å²) in [5, 5.41) is 10.6. The van der Waals surface area contributed by atoms with Crippen molar-refractivity contribution >= 4 is 17.7 Å². The Bertz CT molecular complexity index is 508. The van der Waals surface area contributed by atoms with Crippen molar-refractivity contribution in [2.24, 2.45) is 4.99 Å². The minimum absolute atomic E-state index is 0.136. The normalized spacial score (nSPS) is 11.2. The molecule has 0 amide bonds. The summed E-state index contributed by atoms with van der Waals surface area (Å²) in [6.07, 6.45) is 1.17. The second kappa shape index (κ2) is 6.27. The average Bonchev–Trinajstić information content (AvgIpc) is 2.38. The Labute approximate surface area is 102 Å². The van der Waals surface area contributed by atoms with Gasteiger partial charge in [0.15, 0.2) is 0 Å². The Morgan fingerprint density at radius 1 is 1.61 bits per heavy atom. The molecule has 0 aromatic heterocycles. The molecule has 0 unspecified atom stereocenters. The summed E-state index contributed by atoms with van der Waals surface area (Å²) in [5.74, 6) is -0.564. The molecule has 18 heavy (non-hydrogen) atoms. The molecule has 7 heteroatoms. The molecule has 0 aliphatic heterocycles. The summed E-state index contributed by atoms with van der Waals surface area (Å²) in [6, 6.07) is 4.74. The molecule has 94 valence electrons. The van der Waals surface area contributed by atoms with E-state index >= 15 is 0 Å². The second-order valence-electron chi connectivity index (χ2n) is 3.37. The highest BCUT2D eigenvalue weighted by Gasteiger charge is 2.18. The molecule has 0 saturated heterocycles. The zero-order chi connectivity index (χ0) is 13.5. The number of non-ortho nitro benzene ring substituents is 1. The van der Waals surface area contributed by atoms with Gasteiger partial charge in [-0.25, -0.2) is 4.79 Å². The summed E-state index contributed by atoms with van der Waals surface area (Å²) < 4.78 is 4.46. The van der Waals surface area contributed by atoms with E-state index in [0.717, 1.165) is 0 Å². The average molecular weight is 250 g/mol. The van der Waals surface area contributed by atoms with Crippen LogP contribution in [-0.4, -0.2) is 24.1 Å². The highest BCUT2D eigenvalue weighted by atomic mass is 16.6. The van der Waals surface area contributed by atoms with Gasteiger partial charge in [-0.05, 0) is 5.56 Å². The third-order valence-electron chi connectivity index (χ3n) is 2.26. The highest BCUT2D eigenvalue weighted by molar-refractivity contribution is 5.70. The van der Waals surface area contributed by atoms with E-state index < -0.39 is 16.9 Å². The van der Waals surface area contributed by atoms with E-state index in [2.05, 4.69) is 9.73 Å². The van der Waals surface area contributed by atoms with E-state index in [0.29, 0.717) is 5.56 Å². The quantitative estimate of drug-likeness (QED) is 0.259. The first-order valence-corrected chi connectivity index (χ1v) is 4.96. The van der Waals surface area contributed by atoms with Crippen LogP contribution in [0.4, 0.5) is 5.69 Å². The Morgan fingerprint density at radius 3 is 2.89 bits per heavy atom. The number of ether oxygens (including phenoxy) is 1. The molecule has 1 atom stereocenters. The van der Waals surface area contributed by atoms with Gasteiger partial charge in [0.25, 0.3) is 5.69 Å². The number of rotatable bonds is 5. The lowest BCUT2D eigenvalue weighted by atomic mass is 10.0. The third kappa shape index (κ3) is 3.50. The van der Waals surface area contributed by atoms with Gasteiger partial charge in [0.05, 0.1) is 24.5 Å². The Hall–Kier alpha value is -2.53. The number of aliphatic imine (C=N–C) groups is 1. The van der Waals surface area contributed by atoms with Gasteiger partial charge >= 0.3 is 5.97 Å². The number of isocyanates is 1. The number of carbonyl (C=O) groups excluding carboxylic acids is 2. The molecule has 1 aromatic rings. The standard InChI is InChI=1S/C11H10N2O5/c1-18-11(15)6-10(12-7-14)8-3-2-4-9(5-8)13(16)17/h2-5,10H,6H2,1H3/t10-/m1/s1. The number of methoxy groups -OCH3 is 1. The van der Waals surface area contributed by atoms with Crippen molar-refractivity contribution in [3.63, 3.8) is 0 Å².